The van der Waals surface area contributed by atoms with E-state index in [1.807, 2.05) is 6.92 Å². The molecule has 0 aliphatic carbocycles. The zero-order valence-corrected chi connectivity index (χ0v) is 12.9. The van der Waals surface area contributed by atoms with Gasteiger partial charge >= 0.3 is 11.9 Å². The van der Waals surface area contributed by atoms with E-state index in [1.54, 1.807) is 5.43 Å². The predicted molar refractivity (Wildman–Crippen MR) is 78.4 cm³/mol. The molecule has 1 atom stereocenters. The Balaban J connectivity index is 0.000000664. The lowest BCUT2D eigenvalue weighted by Gasteiger charge is -2.12. The Morgan fingerprint density at radius 1 is 1.09 bits per heavy atom. The minimum Gasteiger partial charge on any atom is -0.481 e. The summed E-state index contributed by atoms with van der Waals surface area (Å²) < 4.78 is 9.17. The summed E-state index contributed by atoms with van der Waals surface area (Å²) in [6, 6.07) is 0. The van der Waals surface area contributed by atoms with E-state index in [-0.39, 0.29) is 6.42 Å². The molecular formula is C14H22N2O7. The minimum absolute atomic E-state index is 0.359. The second-order valence-corrected chi connectivity index (χ2v) is 4.54. The molecule has 9 nitrogen and oxygen atoms in total. The predicted octanol–water partition coefficient (Wildman–Crippen LogP) is 1.21. The average molecular weight is 330 g/mol. The van der Waals surface area contributed by atoms with Gasteiger partial charge in [-0.15, -0.1) is 5.59 Å². The van der Waals surface area contributed by atoms with Crippen LogP contribution in [0.4, 0.5) is 0 Å². The van der Waals surface area contributed by atoms with E-state index in [0.29, 0.717) is 12.8 Å². The Labute approximate surface area is 133 Å². The molecule has 0 saturated carbocycles. The SMILES string of the molecule is C1=COC=CO1.CCCCCC(CC(=O)O)C(=O)C(=O)NNO. The van der Waals surface area contributed by atoms with Gasteiger partial charge in [-0.1, -0.05) is 26.2 Å². The van der Waals surface area contributed by atoms with Crippen LogP contribution in [-0.4, -0.2) is 28.0 Å². The zero-order chi connectivity index (χ0) is 17.5. The smallest absolute Gasteiger partial charge is 0.304 e. The monoisotopic (exact) mass is 330 g/mol. The first-order valence-electron chi connectivity index (χ1n) is 7.08. The number of hydrogen-bond donors (Lipinski definition) is 4. The molecule has 1 unspecified atom stereocenters. The molecule has 0 bridgehead atoms. The Hall–Kier alpha value is -2.39. The first kappa shape index (κ1) is 20.6. The van der Waals surface area contributed by atoms with Gasteiger partial charge in [0.25, 0.3) is 0 Å². The number of rotatable bonds is 9. The Bertz CT molecular complexity index is 415. The number of amides is 1. The summed E-state index contributed by atoms with van der Waals surface area (Å²) in [6.07, 6.45) is 8.33. The summed E-state index contributed by atoms with van der Waals surface area (Å²) >= 11 is 0. The Kier molecular flexibility index (Phi) is 11.9. The molecule has 0 saturated heterocycles. The number of hydrogen-bond acceptors (Lipinski definition) is 7. The minimum atomic E-state index is -1.12. The molecule has 0 aromatic carbocycles. The molecule has 1 heterocycles. The molecule has 4 N–H and O–H groups in total. The van der Waals surface area contributed by atoms with Crippen molar-refractivity contribution in [2.24, 2.45) is 5.92 Å². The maximum Gasteiger partial charge on any atom is 0.304 e. The highest BCUT2D eigenvalue weighted by Crippen LogP contribution is 2.15. The van der Waals surface area contributed by atoms with Crippen LogP contribution in [0.15, 0.2) is 25.0 Å². The van der Waals surface area contributed by atoms with Gasteiger partial charge in [0.15, 0.2) is 0 Å². The van der Waals surface area contributed by atoms with Gasteiger partial charge in [0.2, 0.25) is 5.78 Å². The number of carbonyl (C=O) groups excluding carboxylic acids is 2. The normalized spacial score (nSPS) is 13.0. The fraction of sp³-hybridized carbons (Fsp3) is 0.500. The van der Waals surface area contributed by atoms with Gasteiger partial charge in [-0.3, -0.25) is 25.0 Å². The van der Waals surface area contributed by atoms with Crippen molar-refractivity contribution in [1.82, 2.24) is 11.0 Å². The fourth-order valence-corrected chi connectivity index (χ4v) is 1.69. The molecule has 1 rings (SSSR count). The summed E-state index contributed by atoms with van der Waals surface area (Å²) in [5.74, 6) is -3.82. The molecule has 1 amide bonds. The standard InChI is InChI=1S/C10H18N2O5.C4H4O2/c1-2-3-4-5-7(6-8(13)14)9(15)10(16)11-12-17;1-2-6-4-3-5-1/h7,12,17H,2-6H2,1H3,(H,11,16)(H,13,14);1-4H. The van der Waals surface area contributed by atoms with Crippen LogP contribution in [0.1, 0.15) is 39.0 Å². The van der Waals surface area contributed by atoms with Crippen molar-refractivity contribution >= 4 is 17.7 Å². The Morgan fingerprint density at radius 2 is 1.65 bits per heavy atom. The number of carbonyl (C=O) groups is 3. The van der Waals surface area contributed by atoms with Crippen LogP contribution in [0.25, 0.3) is 0 Å². The zero-order valence-electron chi connectivity index (χ0n) is 12.9. The lowest BCUT2D eigenvalue weighted by atomic mass is 9.93. The molecule has 0 radical (unpaired) electrons. The number of carboxylic acid groups (broad SMARTS) is 1. The summed E-state index contributed by atoms with van der Waals surface area (Å²) in [5, 5.41) is 16.9. The highest BCUT2D eigenvalue weighted by Gasteiger charge is 2.26. The van der Waals surface area contributed by atoms with Gasteiger partial charge in [0.1, 0.15) is 25.0 Å². The van der Waals surface area contributed by atoms with Crippen LogP contribution in [0.2, 0.25) is 0 Å². The fourth-order valence-electron chi connectivity index (χ4n) is 1.69. The van der Waals surface area contributed by atoms with E-state index in [2.05, 4.69) is 9.47 Å². The number of carboxylic acids is 1. The summed E-state index contributed by atoms with van der Waals surface area (Å²) in [6.45, 7) is 1.98. The number of unbranched alkanes of at least 4 members (excludes halogenated alkanes) is 2. The number of nitrogens with one attached hydrogen (secondary N) is 2. The van der Waals surface area contributed by atoms with Crippen molar-refractivity contribution in [1.29, 1.82) is 0 Å². The molecule has 23 heavy (non-hydrogen) atoms. The Morgan fingerprint density at radius 3 is 2.04 bits per heavy atom. The summed E-state index contributed by atoms with van der Waals surface area (Å²) in [5.41, 5.74) is 3.07. The van der Waals surface area contributed by atoms with Crippen LogP contribution in [0, 0.1) is 5.92 Å². The van der Waals surface area contributed by atoms with Crippen LogP contribution >= 0.6 is 0 Å². The van der Waals surface area contributed by atoms with Crippen LogP contribution in [0.5, 0.6) is 0 Å². The van der Waals surface area contributed by atoms with Crippen molar-refractivity contribution in [3.8, 4) is 0 Å². The van der Waals surface area contributed by atoms with Gasteiger partial charge in [0, 0.05) is 5.92 Å². The van der Waals surface area contributed by atoms with Gasteiger partial charge in [0.05, 0.1) is 6.42 Å². The van der Waals surface area contributed by atoms with Crippen molar-refractivity contribution in [2.75, 3.05) is 0 Å². The third-order valence-electron chi connectivity index (χ3n) is 2.77. The second kappa shape index (κ2) is 13.3. The van der Waals surface area contributed by atoms with Gasteiger partial charge in [-0.25, -0.2) is 0 Å². The highest BCUT2D eigenvalue weighted by molar-refractivity contribution is 6.37. The molecule has 0 fully saturated rings. The quantitative estimate of drug-likeness (QED) is 0.281. The molecule has 0 spiro atoms. The molecule has 1 aliphatic heterocycles. The number of ketones is 1. The molecule has 130 valence electrons. The molecule has 1 aliphatic rings. The summed E-state index contributed by atoms with van der Waals surface area (Å²) in [7, 11) is 0. The van der Waals surface area contributed by atoms with Crippen LogP contribution in [-0.2, 0) is 23.9 Å². The molecular weight excluding hydrogens is 308 g/mol. The highest BCUT2D eigenvalue weighted by atomic mass is 16.5. The van der Waals surface area contributed by atoms with E-state index >= 15 is 0 Å². The van der Waals surface area contributed by atoms with E-state index in [0.717, 1.165) is 12.8 Å². The van der Waals surface area contributed by atoms with Crippen LogP contribution < -0.4 is 11.0 Å². The maximum absolute atomic E-state index is 11.5. The van der Waals surface area contributed by atoms with Crippen LogP contribution in [0.3, 0.4) is 0 Å². The third-order valence-corrected chi connectivity index (χ3v) is 2.77. The van der Waals surface area contributed by atoms with E-state index in [1.165, 1.54) is 30.6 Å². The second-order valence-electron chi connectivity index (χ2n) is 4.54. The first-order valence-corrected chi connectivity index (χ1v) is 7.08. The molecule has 0 aromatic rings. The number of aliphatic carboxylic acids is 1. The van der Waals surface area contributed by atoms with Crippen molar-refractivity contribution in [3.63, 3.8) is 0 Å². The maximum atomic E-state index is 11.5. The van der Waals surface area contributed by atoms with Crippen molar-refractivity contribution < 1.29 is 34.2 Å². The number of Topliss-reactive ketones (excluding diaryl/α,β-unsaturated/α-hetero) is 1. The summed E-state index contributed by atoms with van der Waals surface area (Å²) in [4.78, 5) is 33.2. The van der Waals surface area contributed by atoms with E-state index in [9.17, 15) is 14.4 Å². The molecule has 0 aromatic heterocycles. The largest absolute Gasteiger partial charge is 0.481 e. The van der Waals surface area contributed by atoms with Gasteiger partial charge in [-0.2, -0.15) is 0 Å². The van der Waals surface area contributed by atoms with Gasteiger partial charge < -0.3 is 14.6 Å². The lowest BCUT2D eigenvalue weighted by Crippen LogP contribution is -2.42. The molecule has 9 heteroatoms. The van der Waals surface area contributed by atoms with Crippen molar-refractivity contribution in [2.45, 2.75) is 39.0 Å². The number of hydrazine groups is 1. The van der Waals surface area contributed by atoms with E-state index < -0.39 is 23.6 Å². The van der Waals surface area contributed by atoms with E-state index in [4.69, 9.17) is 10.3 Å². The topological polar surface area (TPSA) is 134 Å². The average Bonchev–Trinajstić information content (AvgIpc) is 2.55. The van der Waals surface area contributed by atoms with Crippen molar-refractivity contribution in [3.05, 3.63) is 25.0 Å². The lowest BCUT2D eigenvalue weighted by molar-refractivity contribution is -0.146. The first-order chi connectivity index (χ1) is 11.0. The third kappa shape index (κ3) is 10.9. The number of ether oxygens (including phenoxy) is 2. The van der Waals surface area contributed by atoms with Gasteiger partial charge in [-0.05, 0) is 6.42 Å².